The van der Waals surface area contributed by atoms with Crippen molar-refractivity contribution in [3.8, 4) is 45.3 Å². The molecule has 2 aliphatic rings. The van der Waals surface area contributed by atoms with Crippen LogP contribution in [0, 0.1) is 0 Å². The molecule has 0 aliphatic carbocycles. The van der Waals surface area contributed by atoms with Gasteiger partial charge in [-0.15, -0.1) is 0 Å². The third-order valence-electron chi connectivity index (χ3n) is 10.2. The van der Waals surface area contributed by atoms with Gasteiger partial charge in [0.2, 0.25) is 0 Å². The molecular formula is C47H42Cl2N2NiO6. The summed E-state index contributed by atoms with van der Waals surface area (Å²) < 4.78 is 35.2. The fraction of sp³-hybridized carbons (Fsp3) is 0.191. The number of rotatable bonds is 12. The van der Waals surface area contributed by atoms with Gasteiger partial charge in [-0.3, -0.25) is 0 Å². The maximum absolute atomic E-state index is 6.74. The molecule has 6 aromatic rings. The number of ether oxygens (including phenoxy) is 6. The van der Waals surface area contributed by atoms with E-state index in [1.165, 1.54) is 0 Å². The van der Waals surface area contributed by atoms with Gasteiger partial charge in [-0.05, 0) is 105 Å². The monoisotopic (exact) mass is 858 g/mol. The SMILES string of the molecule is COc1ccc(-c2cccc([C@H]3N=C(CC4=N[C@H](c5cccc(-c6ccc(OC)cc6)c5)C(c5ccc(OC)cc5)O4)OC3c3ccc(OC)cc3)c2)cc1.[Cl-].[Cl-].[Ni+2]. The average molecular weight is 860 g/mol. The molecule has 0 spiro atoms. The van der Waals surface area contributed by atoms with E-state index in [4.69, 9.17) is 38.4 Å². The van der Waals surface area contributed by atoms with Crippen LogP contribution in [0.3, 0.4) is 0 Å². The predicted octanol–water partition coefficient (Wildman–Crippen LogP) is 4.57. The van der Waals surface area contributed by atoms with E-state index in [-0.39, 0.29) is 65.6 Å². The quantitative estimate of drug-likeness (QED) is 0.168. The van der Waals surface area contributed by atoms with Crippen LogP contribution >= 0.6 is 0 Å². The summed E-state index contributed by atoms with van der Waals surface area (Å²) in [5.41, 5.74) is 8.44. The Bertz CT molecular complexity index is 2160. The number of hydrogen-bond donors (Lipinski definition) is 0. The van der Waals surface area contributed by atoms with Crippen molar-refractivity contribution >= 4 is 11.8 Å². The zero-order valence-electron chi connectivity index (χ0n) is 32.3. The van der Waals surface area contributed by atoms with Crippen molar-refractivity contribution in [2.24, 2.45) is 9.98 Å². The number of aliphatic imine (C=N–C) groups is 2. The average Bonchev–Trinajstić information content (AvgIpc) is 3.89. The van der Waals surface area contributed by atoms with E-state index >= 15 is 0 Å². The van der Waals surface area contributed by atoms with Crippen LogP contribution in [0.5, 0.6) is 23.0 Å². The van der Waals surface area contributed by atoms with Gasteiger partial charge in [0.05, 0.1) is 34.9 Å². The molecule has 2 unspecified atom stereocenters. The van der Waals surface area contributed by atoms with Crippen molar-refractivity contribution < 1.29 is 69.7 Å². The smallest absolute Gasteiger partial charge is 1.00 e. The number of hydrogen-bond acceptors (Lipinski definition) is 8. The number of benzene rings is 6. The summed E-state index contributed by atoms with van der Waals surface area (Å²) >= 11 is 0. The second kappa shape index (κ2) is 19.8. The summed E-state index contributed by atoms with van der Waals surface area (Å²) in [6.07, 6.45) is -0.408. The van der Waals surface area contributed by atoms with E-state index in [1.807, 2.05) is 72.8 Å². The normalized spacial score (nSPS) is 17.8. The molecule has 6 aromatic carbocycles. The molecular weight excluding hydrogens is 818 g/mol. The standard InChI is InChI=1S/C47H42N2O6.2ClH.Ni/c1-50-38-19-11-30(12-20-38)34-7-5-9-36(27-34)44-46(32-15-23-40(52-3)24-16-32)54-42(48-44)29-43-49-45(47(55-43)33-17-25-41(53-4)26-18-33)37-10-6-8-35(28-37)31-13-21-39(51-2)22-14-31;;;/h5-28,44-47H,29H2,1-4H3;2*1H;/q;;;+2/p-2/t44-,45-,46?,47?;;;/m1.../s1. The zero-order valence-corrected chi connectivity index (χ0v) is 34.8. The molecule has 0 N–H and O–H groups in total. The number of nitrogens with zero attached hydrogens (tertiary/aromatic N) is 2. The van der Waals surface area contributed by atoms with Gasteiger partial charge in [-0.25, -0.2) is 9.98 Å². The van der Waals surface area contributed by atoms with Crippen LogP contribution in [0.15, 0.2) is 156 Å². The van der Waals surface area contributed by atoms with Crippen LogP contribution in [0.2, 0.25) is 0 Å². The van der Waals surface area contributed by atoms with Gasteiger partial charge in [0, 0.05) is 0 Å². The van der Waals surface area contributed by atoms with E-state index in [0.717, 1.165) is 67.5 Å². The molecule has 0 saturated carbocycles. The second-order valence-corrected chi connectivity index (χ2v) is 13.4. The maximum Gasteiger partial charge on any atom is 2.00 e. The third-order valence-corrected chi connectivity index (χ3v) is 10.2. The van der Waals surface area contributed by atoms with Gasteiger partial charge in [-0.2, -0.15) is 0 Å². The van der Waals surface area contributed by atoms with Gasteiger partial charge in [-0.1, -0.05) is 84.9 Å². The Kier molecular flexibility index (Phi) is 14.9. The van der Waals surface area contributed by atoms with Crippen molar-refractivity contribution in [2.45, 2.75) is 30.7 Å². The molecule has 2 heterocycles. The van der Waals surface area contributed by atoms with Crippen LogP contribution in [-0.2, 0) is 26.0 Å². The molecule has 0 fully saturated rings. The molecule has 300 valence electrons. The Hall–Kier alpha value is -5.47. The van der Waals surface area contributed by atoms with Crippen molar-refractivity contribution in [3.05, 3.63) is 168 Å². The molecule has 58 heavy (non-hydrogen) atoms. The minimum atomic E-state index is -0.358. The van der Waals surface area contributed by atoms with E-state index < -0.39 is 0 Å². The van der Waals surface area contributed by atoms with E-state index in [0.29, 0.717) is 18.2 Å². The fourth-order valence-corrected chi connectivity index (χ4v) is 7.19. The first-order valence-electron chi connectivity index (χ1n) is 18.2. The van der Waals surface area contributed by atoms with Gasteiger partial charge < -0.3 is 53.2 Å². The summed E-state index contributed by atoms with van der Waals surface area (Å²) in [4.78, 5) is 10.5. The molecule has 11 heteroatoms. The summed E-state index contributed by atoms with van der Waals surface area (Å²) in [5, 5.41) is 0. The first-order valence-corrected chi connectivity index (χ1v) is 18.2. The van der Waals surface area contributed by atoms with Gasteiger partial charge in [0.1, 0.15) is 35.1 Å². The van der Waals surface area contributed by atoms with Crippen LogP contribution in [0.4, 0.5) is 0 Å². The molecule has 2 aliphatic heterocycles. The molecule has 0 saturated heterocycles. The van der Waals surface area contributed by atoms with Gasteiger partial charge >= 0.3 is 16.5 Å². The minimum Gasteiger partial charge on any atom is -1.00 e. The zero-order chi connectivity index (χ0) is 37.7. The number of halogens is 2. The van der Waals surface area contributed by atoms with Crippen LogP contribution in [-0.4, -0.2) is 40.2 Å². The van der Waals surface area contributed by atoms with Crippen molar-refractivity contribution in [2.75, 3.05) is 28.4 Å². The Morgan fingerprint density at radius 2 is 0.741 bits per heavy atom. The molecule has 0 amide bonds. The van der Waals surface area contributed by atoms with Gasteiger partial charge in [0.15, 0.2) is 24.0 Å². The Morgan fingerprint density at radius 1 is 0.414 bits per heavy atom. The Balaban J connectivity index is 0.00000214. The molecule has 0 radical (unpaired) electrons. The third kappa shape index (κ3) is 9.45. The summed E-state index contributed by atoms with van der Waals surface area (Å²) in [7, 11) is 6.68. The predicted molar refractivity (Wildman–Crippen MR) is 215 cm³/mol. The van der Waals surface area contributed by atoms with Crippen LogP contribution in [0.1, 0.15) is 53.0 Å². The van der Waals surface area contributed by atoms with Crippen molar-refractivity contribution in [1.29, 1.82) is 0 Å². The van der Waals surface area contributed by atoms with E-state index in [1.54, 1.807) is 28.4 Å². The maximum atomic E-state index is 6.74. The summed E-state index contributed by atoms with van der Waals surface area (Å²) in [6.45, 7) is 0. The van der Waals surface area contributed by atoms with Crippen LogP contribution in [0.25, 0.3) is 22.3 Å². The molecule has 8 nitrogen and oxygen atoms in total. The largest absolute Gasteiger partial charge is 2.00 e. The molecule has 4 atom stereocenters. The number of methoxy groups -OCH3 is 4. The minimum absolute atomic E-state index is 0. The Morgan fingerprint density at radius 3 is 1.07 bits per heavy atom. The van der Waals surface area contributed by atoms with Crippen molar-refractivity contribution in [1.82, 2.24) is 0 Å². The summed E-state index contributed by atoms with van der Waals surface area (Å²) in [6, 6.07) is 48.5. The Labute approximate surface area is 362 Å². The second-order valence-electron chi connectivity index (χ2n) is 13.4. The molecule has 8 rings (SSSR count). The fourth-order valence-electron chi connectivity index (χ4n) is 7.19. The topological polar surface area (TPSA) is 80.1 Å². The van der Waals surface area contributed by atoms with E-state index in [9.17, 15) is 0 Å². The molecule has 0 aromatic heterocycles. The first-order chi connectivity index (χ1) is 27.0. The van der Waals surface area contributed by atoms with Gasteiger partial charge in [0.25, 0.3) is 0 Å². The van der Waals surface area contributed by atoms with Crippen LogP contribution < -0.4 is 43.8 Å². The van der Waals surface area contributed by atoms with E-state index in [2.05, 4.69) is 72.8 Å². The first kappa shape index (κ1) is 43.7. The summed E-state index contributed by atoms with van der Waals surface area (Å²) in [5.74, 6) is 4.33. The van der Waals surface area contributed by atoms with Crippen molar-refractivity contribution in [3.63, 3.8) is 0 Å². The molecule has 0 bridgehead atoms.